The van der Waals surface area contributed by atoms with Crippen molar-refractivity contribution in [3.63, 3.8) is 0 Å². The third-order valence-electron chi connectivity index (χ3n) is 5.24. The Balaban J connectivity index is 1.39. The predicted octanol–water partition coefficient (Wildman–Crippen LogP) is 2.78. The summed E-state index contributed by atoms with van der Waals surface area (Å²) in [6.45, 7) is 2.39. The molecule has 0 aliphatic carbocycles. The molecule has 8 heteroatoms. The third-order valence-corrected chi connectivity index (χ3v) is 5.24. The van der Waals surface area contributed by atoms with Crippen LogP contribution in [0.15, 0.2) is 49.1 Å². The van der Waals surface area contributed by atoms with Crippen molar-refractivity contribution < 1.29 is 14.6 Å². The number of piperidine rings is 1. The molecular formula is C22H25N5O3. The molecule has 1 saturated heterocycles. The molecule has 2 aromatic heterocycles. The minimum Gasteiger partial charge on any atom is -0.482 e. The summed E-state index contributed by atoms with van der Waals surface area (Å²) in [5.74, 6) is 0.888. The molecule has 0 saturated carbocycles. The molecule has 0 bridgehead atoms. The lowest BCUT2D eigenvalue weighted by Gasteiger charge is -2.33. The van der Waals surface area contributed by atoms with Crippen LogP contribution in [0.3, 0.4) is 0 Å². The Morgan fingerprint density at radius 1 is 1.30 bits per heavy atom. The van der Waals surface area contributed by atoms with Crippen molar-refractivity contribution in [2.24, 2.45) is 5.92 Å². The minimum atomic E-state index is -0.972. The lowest BCUT2D eigenvalue weighted by atomic mass is 9.93. The fourth-order valence-electron chi connectivity index (χ4n) is 3.94. The Kier molecular flexibility index (Phi) is 6.34. The number of rotatable bonds is 8. The van der Waals surface area contributed by atoms with E-state index >= 15 is 0 Å². The van der Waals surface area contributed by atoms with E-state index in [-0.39, 0.29) is 6.61 Å². The van der Waals surface area contributed by atoms with Crippen molar-refractivity contribution >= 4 is 5.97 Å². The molecule has 3 heterocycles. The number of likely N-dealkylation sites (tertiary alicyclic amines) is 1. The van der Waals surface area contributed by atoms with Crippen LogP contribution in [0.4, 0.5) is 0 Å². The van der Waals surface area contributed by atoms with E-state index in [9.17, 15) is 4.79 Å². The second-order valence-corrected chi connectivity index (χ2v) is 7.57. The minimum absolute atomic E-state index is 0.329. The molecule has 2 N–H and O–H groups in total. The number of nitrogens with zero attached hydrogens (tertiary/aromatic N) is 4. The van der Waals surface area contributed by atoms with Gasteiger partial charge in [-0.1, -0.05) is 18.2 Å². The topological polar surface area (TPSA) is 104 Å². The van der Waals surface area contributed by atoms with Gasteiger partial charge >= 0.3 is 5.97 Å². The van der Waals surface area contributed by atoms with Crippen molar-refractivity contribution in [1.82, 2.24) is 24.8 Å². The number of hydrogen-bond acceptors (Lipinski definition) is 6. The van der Waals surface area contributed by atoms with Crippen LogP contribution in [-0.4, -0.2) is 55.6 Å². The number of aromatic nitrogens is 4. The van der Waals surface area contributed by atoms with Crippen molar-refractivity contribution in [2.45, 2.75) is 25.8 Å². The molecule has 1 aliphatic rings. The van der Waals surface area contributed by atoms with Crippen LogP contribution < -0.4 is 4.74 Å². The van der Waals surface area contributed by atoms with Crippen LogP contribution in [0.5, 0.6) is 5.75 Å². The van der Waals surface area contributed by atoms with Crippen LogP contribution in [0.25, 0.3) is 11.5 Å². The Labute approximate surface area is 175 Å². The first-order valence-corrected chi connectivity index (χ1v) is 10.1. The van der Waals surface area contributed by atoms with E-state index < -0.39 is 5.97 Å². The first-order valence-electron chi connectivity index (χ1n) is 10.1. The summed E-state index contributed by atoms with van der Waals surface area (Å²) < 4.78 is 5.46. The van der Waals surface area contributed by atoms with Gasteiger partial charge in [-0.2, -0.15) is 0 Å². The predicted molar refractivity (Wildman–Crippen MR) is 111 cm³/mol. The number of aliphatic carboxylic acids is 1. The number of benzene rings is 1. The van der Waals surface area contributed by atoms with E-state index in [0.29, 0.717) is 11.7 Å². The lowest BCUT2D eigenvalue weighted by Crippen LogP contribution is -2.36. The molecular weight excluding hydrogens is 382 g/mol. The third kappa shape index (κ3) is 5.21. The van der Waals surface area contributed by atoms with Crippen molar-refractivity contribution in [3.05, 3.63) is 60.3 Å². The second kappa shape index (κ2) is 9.49. The Bertz CT molecular complexity index is 976. The number of aromatic amines is 1. The van der Waals surface area contributed by atoms with E-state index in [1.807, 2.05) is 30.5 Å². The number of hydrogen-bond donors (Lipinski definition) is 2. The highest BCUT2D eigenvalue weighted by molar-refractivity contribution is 5.68. The number of nitrogens with one attached hydrogen (secondary N) is 1. The second-order valence-electron chi connectivity index (χ2n) is 7.57. The molecule has 1 aromatic carbocycles. The summed E-state index contributed by atoms with van der Waals surface area (Å²) >= 11 is 0. The number of carboxylic acids is 1. The fraction of sp³-hybridized carbons (Fsp3) is 0.364. The molecule has 3 aromatic rings. The van der Waals surface area contributed by atoms with Crippen LogP contribution >= 0.6 is 0 Å². The van der Waals surface area contributed by atoms with Crippen LogP contribution in [0.2, 0.25) is 0 Å². The molecule has 0 radical (unpaired) electrons. The zero-order chi connectivity index (χ0) is 20.8. The summed E-state index contributed by atoms with van der Waals surface area (Å²) in [5, 5.41) is 8.89. The monoisotopic (exact) mass is 407 g/mol. The molecule has 0 spiro atoms. The standard InChI is InChI=1S/C22H25N5O3/c28-21(29)15-30-20-6-2-1-5-17(20)14-27-9-3-4-16(13-27)10-18-11-23-12-19(26-18)22-24-7-8-25-22/h1-2,5-8,11-12,16H,3-4,9-10,13-15H2,(H,24,25)(H,28,29). The number of carbonyl (C=O) groups is 1. The number of ether oxygens (including phenoxy) is 1. The quantitative estimate of drug-likeness (QED) is 0.592. The van der Waals surface area contributed by atoms with E-state index in [4.69, 9.17) is 14.8 Å². The van der Waals surface area contributed by atoms with E-state index in [0.717, 1.165) is 61.7 Å². The molecule has 30 heavy (non-hydrogen) atoms. The first kappa shape index (κ1) is 20.0. The Morgan fingerprint density at radius 2 is 2.20 bits per heavy atom. The maximum atomic E-state index is 10.8. The summed E-state index contributed by atoms with van der Waals surface area (Å²) in [4.78, 5) is 29.6. The van der Waals surface area contributed by atoms with Gasteiger partial charge in [0.05, 0.1) is 11.9 Å². The summed E-state index contributed by atoms with van der Waals surface area (Å²) in [5.41, 5.74) is 2.75. The van der Waals surface area contributed by atoms with Gasteiger partial charge < -0.3 is 14.8 Å². The molecule has 0 amide bonds. The van der Waals surface area contributed by atoms with Gasteiger partial charge in [0, 0.05) is 37.2 Å². The summed E-state index contributed by atoms with van der Waals surface area (Å²) in [7, 11) is 0. The largest absolute Gasteiger partial charge is 0.482 e. The first-order chi connectivity index (χ1) is 14.7. The van der Waals surface area contributed by atoms with E-state index in [2.05, 4.69) is 19.9 Å². The van der Waals surface area contributed by atoms with Gasteiger partial charge in [0.1, 0.15) is 11.4 Å². The van der Waals surface area contributed by atoms with Crippen molar-refractivity contribution in [1.29, 1.82) is 0 Å². The van der Waals surface area contributed by atoms with E-state index in [1.165, 1.54) is 0 Å². The van der Waals surface area contributed by atoms with Crippen molar-refractivity contribution in [2.75, 3.05) is 19.7 Å². The maximum Gasteiger partial charge on any atom is 0.341 e. The van der Waals surface area contributed by atoms with Crippen molar-refractivity contribution in [3.8, 4) is 17.3 Å². The van der Waals surface area contributed by atoms with Gasteiger partial charge in [-0.25, -0.2) is 14.8 Å². The van der Waals surface area contributed by atoms with Gasteiger partial charge in [0.2, 0.25) is 0 Å². The normalized spacial score (nSPS) is 17.0. The highest BCUT2D eigenvalue weighted by Crippen LogP contribution is 2.25. The zero-order valence-corrected chi connectivity index (χ0v) is 16.7. The smallest absolute Gasteiger partial charge is 0.341 e. The summed E-state index contributed by atoms with van der Waals surface area (Å²) in [6.07, 6.45) is 10.2. The average Bonchev–Trinajstić information content (AvgIpc) is 3.29. The Morgan fingerprint density at radius 3 is 3.03 bits per heavy atom. The number of H-pyrrole nitrogens is 1. The van der Waals surface area contributed by atoms with Gasteiger partial charge in [0.25, 0.3) is 0 Å². The summed E-state index contributed by atoms with van der Waals surface area (Å²) in [6, 6.07) is 7.65. The average molecular weight is 407 g/mol. The molecule has 1 unspecified atom stereocenters. The van der Waals surface area contributed by atoms with Crippen LogP contribution in [0.1, 0.15) is 24.1 Å². The molecule has 1 fully saturated rings. The van der Waals surface area contributed by atoms with Gasteiger partial charge in [0.15, 0.2) is 12.4 Å². The highest BCUT2D eigenvalue weighted by atomic mass is 16.5. The van der Waals surface area contributed by atoms with Gasteiger partial charge in [-0.05, 0) is 37.8 Å². The van der Waals surface area contributed by atoms with Gasteiger partial charge in [-0.15, -0.1) is 0 Å². The SMILES string of the molecule is O=C(O)COc1ccccc1CN1CCCC(Cc2cncc(-c3ncc[nH]3)n2)C1. The van der Waals surface area contributed by atoms with Gasteiger partial charge in [-0.3, -0.25) is 9.88 Å². The maximum absolute atomic E-state index is 10.8. The van der Waals surface area contributed by atoms with Crippen LogP contribution in [-0.2, 0) is 17.8 Å². The molecule has 8 nitrogen and oxygen atoms in total. The Hall–Kier alpha value is -3.26. The molecule has 1 aliphatic heterocycles. The number of imidazole rings is 1. The van der Waals surface area contributed by atoms with E-state index in [1.54, 1.807) is 18.6 Å². The fourth-order valence-corrected chi connectivity index (χ4v) is 3.94. The number of carboxylic acid groups (broad SMARTS) is 1. The zero-order valence-electron chi connectivity index (χ0n) is 16.7. The highest BCUT2D eigenvalue weighted by Gasteiger charge is 2.22. The lowest BCUT2D eigenvalue weighted by molar-refractivity contribution is -0.139. The molecule has 4 rings (SSSR count). The number of para-hydroxylation sites is 1. The molecule has 156 valence electrons. The van der Waals surface area contributed by atoms with Crippen LogP contribution in [0, 0.1) is 5.92 Å². The molecule has 1 atom stereocenters.